The van der Waals surface area contributed by atoms with E-state index in [4.69, 9.17) is 9.57 Å². The van der Waals surface area contributed by atoms with Gasteiger partial charge in [0, 0.05) is 32.5 Å². The lowest BCUT2D eigenvalue weighted by molar-refractivity contribution is -0.191. The van der Waals surface area contributed by atoms with E-state index in [-0.39, 0.29) is 18.5 Å². The van der Waals surface area contributed by atoms with Crippen molar-refractivity contribution in [1.29, 1.82) is 0 Å². The van der Waals surface area contributed by atoms with Crippen molar-refractivity contribution in [2.45, 2.75) is 220 Å². The van der Waals surface area contributed by atoms with Gasteiger partial charge in [-0.15, -0.1) is 5.06 Å². The first-order valence-corrected chi connectivity index (χ1v) is 22.0. The van der Waals surface area contributed by atoms with Crippen LogP contribution >= 0.6 is 0 Å². The maximum Gasteiger partial charge on any atom is 0.325 e. The second-order valence-corrected chi connectivity index (χ2v) is 14.9. The Balaban J connectivity index is 3.96. The molecule has 0 aromatic rings. The molecule has 0 saturated carbocycles. The third-order valence-corrected chi connectivity index (χ3v) is 9.89. The minimum atomic E-state index is -0.0665. The van der Waals surface area contributed by atoms with Crippen molar-refractivity contribution in [2.75, 3.05) is 45.9 Å². The molecule has 0 aliphatic rings. The van der Waals surface area contributed by atoms with E-state index in [1.165, 1.54) is 109 Å². The fourth-order valence-electron chi connectivity index (χ4n) is 6.59. The second kappa shape index (κ2) is 40.6. The lowest BCUT2D eigenvalue weighted by Gasteiger charge is -2.21. The van der Waals surface area contributed by atoms with Crippen molar-refractivity contribution in [3.05, 3.63) is 0 Å². The van der Waals surface area contributed by atoms with Gasteiger partial charge < -0.3 is 19.6 Å². The largest absolute Gasteiger partial charge is 0.466 e. The average molecular weight is 711 g/mol. The van der Waals surface area contributed by atoms with E-state index >= 15 is 0 Å². The lowest BCUT2D eigenvalue weighted by atomic mass is 10.1. The molecule has 0 atom stereocenters. The van der Waals surface area contributed by atoms with Crippen molar-refractivity contribution in [3.8, 4) is 0 Å². The van der Waals surface area contributed by atoms with E-state index in [9.17, 15) is 14.7 Å². The Bertz CT molecular complexity index is 691. The van der Waals surface area contributed by atoms with Crippen LogP contribution in [0.3, 0.4) is 0 Å². The van der Waals surface area contributed by atoms with E-state index in [0.717, 1.165) is 103 Å². The molecule has 0 aromatic heterocycles. The van der Waals surface area contributed by atoms with E-state index < -0.39 is 0 Å². The van der Waals surface area contributed by atoms with Crippen LogP contribution in [0.4, 0.5) is 0 Å². The first-order chi connectivity index (χ1) is 24.6. The molecule has 7 heteroatoms. The smallest absolute Gasteiger partial charge is 0.325 e. The minimum Gasteiger partial charge on any atom is -0.466 e. The van der Waals surface area contributed by atoms with E-state index in [1.54, 1.807) is 0 Å². The summed E-state index contributed by atoms with van der Waals surface area (Å²) in [5.41, 5.74) is 0. The molecule has 0 spiro atoms. The van der Waals surface area contributed by atoms with Crippen molar-refractivity contribution in [3.63, 3.8) is 0 Å². The summed E-state index contributed by atoms with van der Waals surface area (Å²) in [6.45, 7) is 11.9. The van der Waals surface area contributed by atoms with Crippen LogP contribution in [0.15, 0.2) is 0 Å². The van der Waals surface area contributed by atoms with Crippen LogP contribution in [0, 0.1) is 0 Å². The number of esters is 1. The molecule has 0 radical (unpaired) electrons. The fraction of sp³-hybridized carbons (Fsp3) is 0.953. The van der Waals surface area contributed by atoms with Gasteiger partial charge in [0.2, 0.25) is 0 Å². The monoisotopic (exact) mass is 711 g/mol. The molecule has 0 heterocycles. The molecular formula is C43H86N2O5. The first kappa shape index (κ1) is 48.8. The Labute approximate surface area is 311 Å². The summed E-state index contributed by atoms with van der Waals surface area (Å²) in [6.07, 6.45) is 35.7. The van der Waals surface area contributed by atoms with E-state index in [2.05, 4.69) is 25.7 Å². The highest BCUT2D eigenvalue weighted by Crippen LogP contribution is 2.13. The molecule has 298 valence electrons. The summed E-state index contributed by atoms with van der Waals surface area (Å²) in [6, 6.07) is 0. The van der Waals surface area contributed by atoms with Crippen molar-refractivity contribution in [1.82, 2.24) is 9.96 Å². The summed E-state index contributed by atoms with van der Waals surface area (Å²) in [4.78, 5) is 32.9. The molecular weight excluding hydrogens is 624 g/mol. The zero-order valence-corrected chi connectivity index (χ0v) is 33.8. The molecule has 0 aliphatic carbocycles. The quantitative estimate of drug-likeness (QED) is 0.0384. The highest BCUT2D eigenvalue weighted by Gasteiger charge is 2.12. The van der Waals surface area contributed by atoms with Crippen LogP contribution in [0.2, 0.25) is 0 Å². The number of rotatable bonds is 41. The number of aliphatic hydroxyl groups excluding tert-OH is 1. The third-order valence-electron chi connectivity index (χ3n) is 9.89. The topological polar surface area (TPSA) is 79.3 Å². The minimum absolute atomic E-state index is 0.0521. The van der Waals surface area contributed by atoms with Crippen LogP contribution in [0.25, 0.3) is 0 Å². The van der Waals surface area contributed by atoms with Gasteiger partial charge in [0.25, 0.3) is 0 Å². The summed E-state index contributed by atoms with van der Waals surface area (Å²) in [5, 5.41) is 11.5. The lowest BCUT2D eigenvalue weighted by Crippen LogP contribution is -2.29. The Morgan fingerprint density at radius 3 is 1.24 bits per heavy atom. The molecule has 0 amide bonds. The molecule has 0 rings (SSSR count). The Morgan fingerprint density at radius 2 is 0.780 bits per heavy atom. The number of carbonyl (C=O) groups is 2. The average Bonchev–Trinajstić information content (AvgIpc) is 3.11. The number of carbonyl (C=O) groups excluding carboxylic acids is 2. The van der Waals surface area contributed by atoms with Gasteiger partial charge in [0.05, 0.1) is 13.2 Å². The fourth-order valence-corrected chi connectivity index (χ4v) is 6.59. The van der Waals surface area contributed by atoms with Gasteiger partial charge in [-0.3, -0.25) is 9.59 Å². The maximum atomic E-state index is 12.6. The molecule has 50 heavy (non-hydrogen) atoms. The van der Waals surface area contributed by atoms with Crippen molar-refractivity contribution in [2.24, 2.45) is 0 Å². The Morgan fingerprint density at radius 1 is 0.420 bits per heavy atom. The molecule has 0 saturated heterocycles. The molecule has 7 nitrogen and oxygen atoms in total. The Kier molecular flexibility index (Phi) is 39.6. The molecule has 0 bridgehead atoms. The summed E-state index contributed by atoms with van der Waals surface area (Å²) in [7, 11) is 0. The van der Waals surface area contributed by atoms with Gasteiger partial charge in [0.15, 0.2) is 0 Å². The summed E-state index contributed by atoms with van der Waals surface area (Å²) in [5.74, 6) is -0.119. The number of aliphatic hydroxyl groups is 1. The van der Waals surface area contributed by atoms with Crippen LogP contribution < -0.4 is 0 Å². The van der Waals surface area contributed by atoms with Crippen LogP contribution in [-0.2, 0) is 19.2 Å². The predicted molar refractivity (Wildman–Crippen MR) is 212 cm³/mol. The molecule has 0 aliphatic heterocycles. The molecule has 0 aromatic carbocycles. The number of hydroxylamine groups is 2. The number of unbranched alkanes of at least 4 members (excludes halogenated alkanes) is 24. The summed E-state index contributed by atoms with van der Waals surface area (Å²) < 4.78 is 5.44. The van der Waals surface area contributed by atoms with E-state index in [1.807, 2.05) is 5.06 Å². The Hall–Kier alpha value is -1.18. The third kappa shape index (κ3) is 36.6. The van der Waals surface area contributed by atoms with Gasteiger partial charge in [0.1, 0.15) is 0 Å². The number of ether oxygens (including phenoxy) is 1. The highest BCUT2D eigenvalue weighted by molar-refractivity contribution is 5.69. The highest BCUT2D eigenvalue weighted by atomic mass is 16.7. The maximum absolute atomic E-state index is 12.6. The van der Waals surface area contributed by atoms with Crippen molar-refractivity contribution >= 4 is 11.9 Å². The number of hydrogen-bond acceptors (Lipinski definition) is 7. The number of nitrogens with zero attached hydrogens (tertiary/aromatic N) is 2. The number of hydrogen-bond donors (Lipinski definition) is 1. The van der Waals surface area contributed by atoms with Crippen LogP contribution in [0.1, 0.15) is 220 Å². The molecule has 0 unspecified atom stereocenters. The zero-order valence-electron chi connectivity index (χ0n) is 33.8. The van der Waals surface area contributed by atoms with Gasteiger partial charge in [-0.1, -0.05) is 162 Å². The van der Waals surface area contributed by atoms with Gasteiger partial charge in [-0.2, -0.15) is 0 Å². The van der Waals surface area contributed by atoms with Crippen LogP contribution in [0.5, 0.6) is 0 Å². The normalized spacial score (nSPS) is 11.6. The van der Waals surface area contributed by atoms with Gasteiger partial charge >= 0.3 is 11.9 Å². The van der Waals surface area contributed by atoms with E-state index in [0.29, 0.717) is 26.0 Å². The zero-order chi connectivity index (χ0) is 36.6. The predicted octanol–water partition coefficient (Wildman–Crippen LogP) is 11.7. The van der Waals surface area contributed by atoms with Crippen molar-refractivity contribution < 1.29 is 24.3 Å². The SMILES string of the molecule is CCCCCCCCCCCOC(=O)CCCCCN(CCO)CCCCCCCC(=O)ON(CCCCCCCC)CCCCCCCC. The first-order valence-electron chi connectivity index (χ1n) is 22.0. The molecule has 0 fully saturated rings. The second-order valence-electron chi connectivity index (χ2n) is 14.9. The standard InChI is InChI=1S/C43H86N2O5/c1-4-7-10-13-16-17-18-24-32-41-49-42(47)33-27-25-29-36-44(39-40-46)35-28-21-19-20-26-34-43(48)50-45(37-30-22-14-11-8-5-2)38-31-23-15-12-9-6-3/h46H,4-41H2,1-3H3. The summed E-state index contributed by atoms with van der Waals surface area (Å²) >= 11 is 0. The van der Waals surface area contributed by atoms with Gasteiger partial charge in [-0.25, -0.2) is 0 Å². The molecule has 1 N–H and O–H groups in total. The van der Waals surface area contributed by atoms with Gasteiger partial charge in [-0.05, 0) is 58.0 Å². The van der Waals surface area contributed by atoms with Crippen LogP contribution in [-0.4, -0.2) is 72.9 Å².